The number of aryl methyl sites for hydroxylation is 2. The molecule has 1 saturated heterocycles. The Hall–Kier alpha value is -2.15. The summed E-state index contributed by atoms with van der Waals surface area (Å²) in [5, 5.41) is 11.7. The van der Waals surface area contributed by atoms with Crippen LogP contribution in [0.3, 0.4) is 0 Å². The van der Waals surface area contributed by atoms with E-state index in [0.29, 0.717) is 31.4 Å². The molecule has 24 heavy (non-hydrogen) atoms. The monoisotopic (exact) mass is 331 g/mol. The van der Waals surface area contributed by atoms with Gasteiger partial charge in [-0.25, -0.2) is 0 Å². The summed E-state index contributed by atoms with van der Waals surface area (Å²) in [6.07, 6.45) is 0. The van der Waals surface area contributed by atoms with Crippen molar-refractivity contribution in [1.82, 2.24) is 24.9 Å². The Kier molecular flexibility index (Phi) is 4.45. The quantitative estimate of drug-likeness (QED) is 0.934. The fraction of sp³-hybridized carbons (Fsp3) is 0.588. The van der Waals surface area contributed by atoms with E-state index in [4.69, 9.17) is 4.74 Å². The van der Waals surface area contributed by atoms with Gasteiger partial charge in [0.2, 0.25) is 0 Å². The molecule has 1 aliphatic rings. The maximum absolute atomic E-state index is 13.0. The molecular formula is C17H25N5O2. The fourth-order valence-electron chi connectivity index (χ4n) is 3.25. The molecule has 7 nitrogen and oxygen atoms in total. The summed E-state index contributed by atoms with van der Waals surface area (Å²) in [6.45, 7) is 9.73. The predicted molar refractivity (Wildman–Crippen MR) is 90.0 cm³/mol. The Bertz CT molecular complexity index is 746. The van der Waals surface area contributed by atoms with Crippen molar-refractivity contribution in [2.45, 2.75) is 39.7 Å². The molecule has 1 N–H and O–H groups in total. The van der Waals surface area contributed by atoms with Gasteiger partial charge in [-0.05, 0) is 25.8 Å². The number of H-pyrrole nitrogens is 1. The van der Waals surface area contributed by atoms with Gasteiger partial charge in [0, 0.05) is 30.5 Å². The van der Waals surface area contributed by atoms with Crippen LogP contribution in [0.5, 0.6) is 0 Å². The van der Waals surface area contributed by atoms with E-state index >= 15 is 0 Å². The summed E-state index contributed by atoms with van der Waals surface area (Å²) in [6, 6.07) is 1.72. The smallest absolute Gasteiger partial charge is 0.275 e. The molecule has 0 spiro atoms. The summed E-state index contributed by atoms with van der Waals surface area (Å²) in [4.78, 5) is 14.9. The van der Waals surface area contributed by atoms with Gasteiger partial charge in [-0.2, -0.15) is 10.2 Å². The zero-order chi connectivity index (χ0) is 17.4. The Balaban J connectivity index is 1.93. The van der Waals surface area contributed by atoms with Crippen LogP contribution in [0, 0.1) is 13.8 Å². The predicted octanol–water partition coefficient (Wildman–Crippen LogP) is 2.10. The van der Waals surface area contributed by atoms with Gasteiger partial charge >= 0.3 is 0 Å². The highest BCUT2D eigenvalue weighted by Gasteiger charge is 2.33. The van der Waals surface area contributed by atoms with Gasteiger partial charge in [0.15, 0.2) is 0 Å². The molecule has 7 heteroatoms. The number of aromatic nitrogens is 4. The van der Waals surface area contributed by atoms with Crippen molar-refractivity contribution < 1.29 is 9.53 Å². The van der Waals surface area contributed by atoms with Crippen LogP contribution in [0.2, 0.25) is 0 Å². The average Bonchev–Trinajstić information content (AvgIpc) is 3.13. The van der Waals surface area contributed by atoms with Crippen LogP contribution >= 0.6 is 0 Å². The highest BCUT2D eigenvalue weighted by atomic mass is 16.5. The van der Waals surface area contributed by atoms with Crippen molar-refractivity contribution in [1.29, 1.82) is 0 Å². The SMILES string of the molecule is Cc1nn(C)c(C)c1C1COCCN1C(=O)c1cc(C(C)C)[nH]n1. The molecule has 1 fully saturated rings. The molecule has 1 unspecified atom stereocenters. The first-order valence-corrected chi connectivity index (χ1v) is 8.34. The molecule has 3 heterocycles. The second kappa shape index (κ2) is 6.39. The second-order valence-corrected chi connectivity index (χ2v) is 6.66. The van der Waals surface area contributed by atoms with Crippen molar-refractivity contribution in [3.63, 3.8) is 0 Å². The second-order valence-electron chi connectivity index (χ2n) is 6.66. The van der Waals surface area contributed by atoms with Crippen LogP contribution in [0.15, 0.2) is 6.07 Å². The third-order valence-electron chi connectivity index (χ3n) is 4.73. The van der Waals surface area contributed by atoms with Crippen LogP contribution < -0.4 is 0 Å². The standard InChI is InChI=1S/C17H25N5O2/c1-10(2)13-8-14(19-18-13)17(23)22-6-7-24-9-15(22)16-11(3)20-21(5)12(16)4/h8,10,15H,6-7,9H2,1-5H3,(H,18,19). The molecule has 130 valence electrons. The van der Waals surface area contributed by atoms with Gasteiger partial charge in [0.1, 0.15) is 5.69 Å². The average molecular weight is 331 g/mol. The molecular weight excluding hydrogens is 306 g/mol. The van der Waals surface area contributed by atoms with E-state index in [1.54, 1.807) is 0 Å². The van der Waals surface area contributed by atoms with E-state index < -0.39 is 0 Å². The summed E-state index contributed by atoms with van der Waals surface area (Å²) >= 11 is 0. The molecule has 1 aliphatic heterocycles. The van der Waals surface area contributed by atoms with Crippen molar-refractivity contribution in [2.24, 2.45) is 7.05 Å². The largest absolute Gasteiger partial charge is 0.377 e. The summed E-state index contributed by atoms with van der Waals surface area (Å²) in [7, 11) is 1.92. The number of hydrogen-bond acceptors (Lipinski definition) is 4. The maximum atomic E-state index is 13.0. The molecule has 0 radical (unpaired) electrons. The Morgan fingerprint density at radius 3 is 2.75 bits per heavy atom. The summed E-state index contributed by atoms with van der Waals surface area (Å²) < 4.78 is 7.51. The van der Waals surface area contributed by atoms with Crippen LogP contribution in [-0.4, -0.2) is 50.5 Å². The number of amides is 1. The zero-order valence-corrected chi connectivity index (χ0v) is 15.0. The van der Waals surface area contributed by atoms with E-state index in [1.807, 2.05) is 36.5 Å². The summed E-state index contributed by atoms with van der Waals surface area (Å²) in [5.41, 5.74) is 4.51. The van der Waals surface area contributed by atoms with Crippen molar-refractivity contribution in [2.75, 3.05) is 19.8 Å². The van der Waals surface area contributed by atoms with Crippen LogP contribution in [0.25, 0.3) is 0 Å². The van der Waals surface area contributed by atoms with Gasteiger partial charge in [-0.3, -0.25) is 14.6 Å². The Morgan fingerprint density at radius 1 is 1.42 bits per heavy atom. The first-order chi connectivity index (χ1) is 11.4. The lowest BCUT2D eigenvalue weighted by Gasteiger charge is -2.35. The number of nitrogens with one attached hydrogen (secondary N) is 1. The van der Waals surface area contributed by atoms with E-state index in [0.717, 1.165) is 22.6 Å². The topological polar surface area (TPSA) is 76.0 Å². The Labute approximate surface area is 142 Å². The first kappa shape index (κ1) is 16.7. The zero-order valence-electron chi connectivity index (χ0n) is 15.0. The van der Waals surface area contributed by atoms with Crippen molar-refractivity contribution >= 4 is 5.91 Å². The van der Waals surface area contributed by atoms with Gasteiger partial charge in [0.25, 0.3) is 5.91 Å². The minimum atomic E-state index is -0.126. The van der Waals surface area contributed by atoms with E-state index in [9.17, 15) is 4.79 Å². The molecule has 2 aromatic rings. The molecule has 0 aromatic carbocycles. The molecule has 2 aromatic heterocycles. The van der Waals surface area contributed by atoms with Gasteiger partial charge in [0.05, 0.1) is 24.9 Å². The molecule has 0 aliphatic carbocycles. The number of ether oxygens (including phenoxy) is 1. The van der Waals surface area contributed by atoms with Crippen LogP contribution in [0.1, 0.15) is 58.9 Å². The lowest BCUT2D eigenvalue weighted by molar-refractivity contribution is -0.00336. The van der Waals surface area contributed by atoms with E-state index in [2.05, 4.69) is 29.1 Å². The molecule has 1 atom stereocenters. The number of carbonyl (C=O) groups is 1. The molecule has 3 rings (SSSR count). The third-order valence-corrected chi connectivity index (χ3v) is 4.73. The minimum Gasteiger partial charge on any atom is -0.377 e. The highest BCUT2D eigenvalue weighted by Crippen LogP contribution is 2.30. The minimum absolute atomic E-state index is 0.0610. The molecule has 1 amide bonds. The van der Waals surface area contributed by atoms with E-state index in [-0.39, 0.29) is 11.9 Å². The molecule has 0 saturated carbocycles. The number of hydrogen-bond donors (Lipinski definition) is 1. The molecule has 0 bridgehead atoms. The van der Waals surface area contributed by atoms with Gasteiger partial charge in [-0.15, -0.1) is 0 Å². The normalized spacial score (nSPS) is 18.4. The third kappa shape index (κ3) is 2.84. The van der Waals surface area contributed by atoms with Crippen LogP contribution in [-0.2, 0) is 11.8 Å². The number of carbonyl (C=O) groups excluding carboxylic acids is 1. The lowest BCUT2D eigenvalue weighted by atomic mass is 10.0. The van der Waals surface area contributed by atoms with Crippen LogP contribution in [0.4, 0.5) is 0 Å². The van der Waals surface area contributed by atoms with Crippen molar-refractivity contribution in [3.05, 3.63) is 34.4 Å². The first-order valence-electron chi connectivity index (χ1n) is 8.34. The van der Waals surface area contributed by atoms with Gasteiger partial charge in [-0.1, -0.05) is 13.8 Å². The Morgan fingerprint density at radius 2 is 2.17 bits per heavy atom. The van der Waals surface area contributed by atoms with Crippen molar-refractivity contribution in [3.8, 4) is 0 Å². The number of rotatable bonds is 3. The maximum Gasteiger partial charge on any atom is 0.275 e. The fourth-order valence-corrected chi connectivity index (χ4v) is 3.25. The highest BCUT2D eigenvalue weighted by molar-refractivity contribution is 5.92. The number of morpholine rings is 1. The van der Waals surface area contributed by atoms with E-state index in [1.165, 1.54) is 0 Å². The lowest BCUT2D eigenvalue weighted by Crippen LogP contribution is -2.44. The summed E-state index contributed by atoms with van der Waals surface area (Å²) in [5.74, 6) is 0.247. The van der Waals surface area contributed by atoms with Gasteiger partial charge < -0.3 is 9.64 Å². The number of aromatic amines is 1. The number of nitrogens with zero attached hydrogens (tertiary/aromatic N) is 4.